The molecular formula is C19H17N5S. The lowest BCUT2D eigenvalue weighted by molar-refractivity contribution is 0.157. The highest BCUT2D eigenvalue weighted by molar-refractivity contribution is 7.08. The molecule has 1 saturated heterocycles. The van der Waals surface area contributed by atoms with Crippen molar-refractivity contribution in [3.05, 3.63) is 34.0 Å². The van der Waals surface area contributed by atoms with E-state index in [1.807, 2.05) is 16.8 Å². The van der Waals surface area contributed by atoms with Gasteiger partial charge < -0.3 is 5.41 Å². The molecule has 5 nitrogen and oxygen atoms in total. The average Bonchev–Trinajstić information content (AvgIpc) is 3.21. The van der Waals surface area contributed by atoms with Crippen molar-refractivity contribution >= 4 is 17.0 Å². The molecule has 1 unspecified atom stereocenters. The monoisotopic (exact) mass is 347 g/mol. The molecule has 5 atom stereocenters. The van der Waals surface area contributed by atoms with Crippen LogP contribution in [0.25, 0.3) is 0 Å². The molecule has 0 aromatic carbocycles. The predicted octanol–water partition coefficient (Wildman–Crippen LogP) is 3.06. The van der Waals surface area contributed by atoms with E-state index in [1.54, 1.807) is 0 Å². The first-order chi connectivity index (χ1) is 12.1. The van der Waals surface area contributed by atoms with Crippen LogP contribution in [0.4, 0.5) is 0 Å². The van der Waals surface area contributed by atoms with Gasteiger partial charge in [0.15, 0.2) is 5.41 Å². The number of nitrogens with zero attached hydrogens (tertiary/aromatic N) is 4. The fourth-order valence-corrected chi connectivity index (χ4v) is 5.75. The minimum absolute atomic E-state index is 0.0531. The molecule has 3 aliphatic rings. The van der Waals surface area contributed by atoms with E-state index < -0.39 is 17.3 Å². The molecule has 3 heterocycles. The second-order valence-corrected chi connectivity index (χ2v) is 7.89. The van der Waals surface area contributed by atoms with E-state index in [-0.39, 0.29) is 17.7 Å². The maximum Gasteiger partial charge on any atom is 0.189 e. The number of fused-ring (bicyclic) bond motifs is 4. The zero-order valence-corrected chi connectivity index (χ0v) is 14.6. The molecule has 0 amide bonds. The van der Waals surface area contributed by atoms with Crippen molar-refractivity contribution in [2.75, 3.05) is 7.05 Å². The number of rotatable bonds is 1. The van der Waals surface area contributed by atoms with Crippen LogP contribution >= 0.6 is 11.3 Å². The van der Waals surface area contributed by atoms with Gasteiger partial charge in [-0.3, -0.25) is 4.90 Å². The van der Waals surface area contributed by atoms with Gasteiger partial charge >= 0.3 is 0 Å². The summed E-state index contributed by atoms with van der Waals surface area (Å²) in [5.74, 6) is -1.24. The summed E-state index contributed by atoms with van der Waals surface area (Å²) in [6, 6.07) is 8.97. The highest BCUT2D eigenvalue weighted by Gasteiger charge is 2.61. The third-order valence-corrected chi connectivity index (χ3v) is 6.95. The quantitative estimate of drug-likeness (QED) is 0.789. The van der Waals surface area contributed by atoms with Crippen LogP contribution in [0.5, 0.6) is 0 Å². The maximum absolute atomic E-state index is 9.97. The van der Waals surface area contributed by atoms with E-state index in [1.165, 1.54) is 11.3 Å². The molecule has 2 bridgehead atoms. The van der Waals surface area contributed by atoms with E-state index in [0.29, 0.717) is 6.04 Å². The number of nitriles is 3. The predicted molar refractivity (Wildman–Crippen MR) is 93.7 cm³/mol. The maximum atomic E-state index is 9.97. The molecule has 124 valence electrons. The molecule has 4 rings (SSSR count). The van der Waals surface area contributed by atoms with Crippen molar-refractivity contribution in [1.82, 2.24) is 4.90 Å². The molecule has 1 aromatic heterocycles. The van der Waals surface area contributed by atoms with Gasteiger partial charge in [-0.1, -0.05) is 6.08 Å². The van der Waals surface area contributed by atoms with Gasteiger partial charge in [-0.25, -0.2) is 0 Å². The van der Waals surface area contributed by atoms with Crippen LogP contribution in [0.1, 0.15) is 24.3 Å². The van der Waals surface area contributed by atoms with Gasteiger partial charge in [-0.15, -0.1) is 0 Å². The van der Waals surface area contributed by atoms with Gasteiger partial charge in [0.25, 0.3) is 0 Å². The summed E-state index contributed by atoms with van der Waals surface area (Å²) in [5, 5.41) is 42.2. The average molecular weight is 347 g/mol. The van der Waals surface area contributed by atoms with Gasteiger partial charge in [0.1, 0.15) is 5.92 Å². The Balaban J connectivity index is 1.99. The Hall–Kier alpha value is -2.46. The van der Waals surface area contributed by atoms with Crippen molar-refractivity contribution in [2.24, 2.45) is 17.3 Å². The minimum atomic E-state index is -1.58. The van der Waals surface area contributed by atoms with Crippen molar-refractivity contribution < 1.29 is 0 Å². The van der Waals surface area contributed by atoms with Crippen LogP contribution in [-0.4, -0.2) is 29.7 Å². The van der Waals surface area contributed by atoms with Gasteiger partial charge in [0.05, 0.1) is 23.9 Å². The van der Waals surface area contributed by atoms with Crippen molar-refractivity contribution in [3.63, 3.8) is 0 Å². The van der Waals surface area contributed by atoms with Gasteiger partial charge in [0.2, 0.25) is 0 Å². The molecular weight excluding hydrogens is 330 g/mol. The fourth-order valence-electron chi connectivity index (χ4n) is 5.05. The van der Waals surface area contributed by atoms with E-state index in [4.69, 9.17) is 5.41 Å². The van der Waals surface area contributed by atoms with Crippen LogP contribution in [-0.2, 0) is 0 Å². The third kappa shape index (κ3) is 1.91. The Labute approximate surface area is 150 Å². The topological polar surface area (TPSA) is 98.5 Å². The van der Waals surface area contributed by atoms with Gasteiger partial charge in [-0.05, 0) is 47.9 Å². The summed E-state index contributed by atoms with van der Waals surface area (Å²) < 4.78 is 0. The van der Waals surface area contributed by atoms with Crippen LogP contribution in [0, 0.1) is 56.7 Å². The fraction of sp³-hybridized carbons (Fsp3) is 0.474. The largest absolute Gasteiger partial charge is 0.305 e. The standard InChI is InChI=1S/C19H17N5S/c1-24-12-2-3-15(24)16-13(6-12)14(7-20)18(23)19(9-21,10-22)17(16)11-4-5-25-8-11/h4-6,8,12,14-17,23H,2-3H2,1H3/t12-,14?,15+,16+,17-/m0/s1. The highest BCUT2D eigenvalue weighted by Crippen LogP contribution is 2.57. The number of nitrogens with one attached hydrogen (secondary N) is 1. The second-order valence-electron chi connectivity index (χ2n) is 7.11. The second kappa shape index (κ2) is 5.53. The van der Waals surface area contributed by atoms with E-state index >= 15 is 0 Å². The summed E-state index contributed by atoms with van der Waals surface area (Å²) in [7, 11) is 2.09. The van der Waals surface area contributed by atoms with Crippen molar-refractivity contribution in [2.45, 2.75) is 30.8 Å². The van der Waals surface area contributed by atoms with Crippen molar-refractivity contribution in [1.29, 1.82) is 21.2 Å². The zero-order valence-electron chi connectivity index (χ0n) is 13.8. The minimum Gasteiger partial charge on any atom is -0.305 e. The zero-order chi connectivity index (χ0) is 17.8. The molecule has 1 N–H and O–H groups in total. The smallest absolute Gasteiger partial charge is 0.189 e. The van der Waals surface area contributed by atoms with Crippen LogP contribution in [0.2, 0.25) is 0 Å². The first-order valence-corrected chi connectivity index (χ1v) is 9.30. The highest BCUT2D eigenvalue weighted by atomic mass is 32.1. The summed E-state index contributed by atoms with van der Waals surface area (Å²) in [6.07, 6.45) is 4.15. The normalized spacial score (nSPS) is 35.8. The first-order valence-electron chi connectivity index (χ1n) is 8.35. The Morgan fingerprint density at radius 1 is 1.28 bits per heavy atom. The van der Waals surface area contributed by atoms with Crippen LogP contribution < -0.4 is 0 Å². The first kappa shape index (κ1) is 16.0. The molecule has 2 aliphatic heterocycles. The molecule has 1 aromatic rings. The van der Waals surface area contributed by atoms with Crippen molar-refractivity contribution in [3.8, 4) is 18.2 Å². The Morgan fingerprint density at radius 3 is 2.64 bits per heavy atom. The number of likely N-dealkylation sites (N-methyl/N-ethyl adjacent to an activating group) is 1. The third-order valence-electron chi connectivity index (χ3n) is 6.25. The number of hydrogen-bond donors (Lipinski definition) is 1. The van der Waals surface area contributed by atoms with Crippen LogP contribution in [0.15, 0.2) is 28.5 Å². The summed E-state index contributed by atoms with van der Waals surface area (Å²) in [6.45, 7) is 0. The molecule has 1 saturated carbocycles. The molecule has 0 spiro atoms. The van der Waals surface area contributed by atoms with E-state index in [2.05, 4.69) is 36.2 Å². The van der Waals surface area contributed by atoms with Gasteiger partial charge in [-0.2, -0.15) is 27.1 Å². The van der Waals surface area contributed by atoms with Crippen LogP contribution in [0.3, 0.4) is 0 Å². The Kier molecular flexibility index (Phi) is 3.55. The Bertz CT molecular complexity index is 864. The van der Waals surface area contributed by atoms with Gasteiger partial charge in [0, 0.05) is 23.9 Å². The lowest BCUT2D eigenvalue weighted by Crippen LogP contribution is -2.55. The molecule has 25 heavy (non-hydrogen) atoms. The SMILES string of the molecule is CN1[C@@H]2C=C3C(C#N)C(=N)C(C#N)(C#N)[C@@H](c4ccsc4)[C@H]3[C@H]1CC2. The summed E-state index contributed by atoms with van der Waals surface area (Å²) in [5.41, 5.74) is 0.252. The number of thiophene rings is 1. The molecule has 6 heteroatoms. The Morgan fingerprint density at radius 2 is 2.04 bits per heavy atom. The molecule has 2 fully saturated rings. The molecule has 0 radical (unpaired) electrons. The lowest BCUT2D eigenvalue weighted by atomic mass is 9.53. The molecule has 1 aliphatic carbocycles. The lowest BCUT2D eigenvalue weighted by Gasteiger charge is -2.50. The summed E-state index contributed by atoms with van der Waals surface area (Å²) >= 11 is 1.53. The van der Waals surface area contributed by atoms with E-state index in [9.17, 15) is 15.8 Å². The number of hydrogen-bond acceptors (Lipinski definition) is 6. The van der Waals surface area contributed by atoms with E-state index in [0.717, 1.165) is 24.0 Å². The summed E-state index contributed by atoms with van der Waals surface area (Å²) in [4.78, 5) is 2.32.